The zero-order valence-corrected chi connectivity index (χ0v) is 35.2. The lowest BCUT2D eigenvalue weighted by molar-refractivity contribution is 0.590. The Morgan fingerprint density at radius 2 is 0.883 bits per heavy atom. The fraction of sp³-hybridized carbons (Fsp3) is 0.200. The average molecular weight is 803 g/mol. The fourth-order valence-electron chi connectivity index (χ4n) is 6.31. The smallest absolute Gasteiger partial charge is 0.0622 e. The molecule has 0 bridgehead atoms. The van der Waals surface area contributed by atoms with Gasteiger partial charge in [0.05, 0.1) is 6.85 Å². The molecule has 0 radical (unpaired) electrons. The van der Waals surface area contributed by atoms with Crippen LogP contribution in [0.5, 0.6) is 0 Å². The topological polar surface area (TPSA) is 0 Å². The minimum absolute atomic E-state index is 0.162. The summed E-state index contributed by atoms with van der Waals surface area (Å²) < 4.78 is 139. The molecule has 0 saturated heterocycles. The van der Waals surface area contributed by atoms with Gasteiger partial charge in [-0.05, 0) is 118 Å². The first-order valence-electron chi connectivity index (χ1n) is 28.8. The summed E-state index contributed by atoms with van der Waals surface area (Å²) >= 11 is 0. The van der Waals surface area contributed by atoms with Crippen molar-refractivity contribution in [2.45, 2.75) is 80.3 Å². The molecule has 304 valence electrons. The maximum Gasteiger partial charge on any atom is 0.0629 e. The first kappa shape index (κ1) is 26.1. The number of rotatable bonds is 5. The van der Waals surface area contributed by atoms with Gasteiger partial charge in [0.1, 0.15) is 0 Å². The van der Waals surface area contributed by atoms with E-state index in [1.165, 1.54) is 28.8 Å². The molecule has 60 heavy (non-hydrogen) atoms. The van der Waals surface area contributed by atoms with E-state index >= 15 is 0 Å². The van der Waals surface area contributed by atoms with Crippen LogP contribution in [0.25, 0.3) is 44.5 Å². The zero-order chi connectivity index (χ0) is 58.3. The van der Waals surface area contributed by atoms with Gasteiger partial charge in [0.15, 0.2) is 0 Å². The van der Waals surface area contributed by atoms with Crippen LogP contribution in [-0.4, -0.2) is 0 Å². The number of benzene rings is 8. The van der Waals surface area contributed by atoms with Gasteiger partial charge in [-0.2, -0.15) is 0 Å². The van der Waals surface area contributed by atoms with Crippen molar-refractivity contribution >= 4 is 0 Å². The third-order valence-electron chi connectivity index (χ3n) is 9.82. The normalized spacial score (nSPS) is 16.0. The maximum absolute atomic E-state index is 8.10. The standard InChI is InChI=1S/C17H20.C16H18.C14H14.C13H12/c1-13-10-11-15(17(2,3)4)12-16(13)14-8-6-5-7-9-14;1-12(2)15-10-9-13(3)16(11-15)14-7-5-4-6-8-14;1-11-8-9-12(2)14(10-11)13-6-4-3-5-7-13;1-11-7-9-13(10-8-11)12-5-3-2-4-6-12/h5-12H,1-4H3;4-12H,1-3H3;3-10H,1-2H3;2-10H,1H3/i2D3,3D3,4D3;12D;1D3;2D,3D,4D,5D,6D. The molecule has 0 saturated carbocycles. The van der Waals surface area contributed by atoms with Crippen molar-refractivity contribution in [1.82, 2.24) is 0 Å². The predicted octanol–water partition coefficient (Wildman–Crippen LogP) is 17.4. The SMILES string of the molecule is [2H]C(C)(C)c1ccc(C)c(-c2ccccc2)c1.[2H]C([2H])([2H])C(c1ccc(C)c(-c2ccccc2)c1)(C([2H])([2H])[2H])C([2H])([2H])[2H].[2H]C([2H])([2H])c1ccc(C)c(-c2ccccc2)c1.[2H]c1c([2H])c([2H])c(-c2ccc(C)cc2)c([2H])c1[2H]. The largest absolute Gasteiger partial charge is 0.0629 e. The number of hydrogen-bond acceptors (Lipinski definition) is 0. The summed E-state index contributed by atoms with van der Waals surface area (Å²) in [6, 6.07) is 51.0. The molecule has 0 nitrogen and oxygen atoms in total. The van der Waals surface area contributed by atoms with Gasteiger partial charge in [0, 0.05) is 17.8 Å². The second kappa shape index (κ2) is 21.7. The monoisotopic (exact) mass is 803 g/mol. The molecular formula is C60H64. The Bertz CT molecular complexity index is 3110. The van der Waals surface area contributed by atoms with Gasteiger partial charge in [0.25, 0.3) is 0 Å². The van der Waals surface area contributed by atoms with Crippen LogP contribution in [0.1, 0.15) is 104 Å². The van der Waals surface area contributed by atoms with Gasteiger partial charge in [0.2, 0.25) is 0 Å². The summed E-state index contributed by atoms with van der Waals surface area (Å²) in [5.74, 6) is -0.544. The molecule has 0 heterocycles. The Balaban J connectivity index is 0.000000195. The van der Waals surface area contributed by atoms with Crippen LogP contribution in [0.4, 0.5) is 0 Å². The van der Waals surface area contributed by atoms with Gasteiger partial charge < -0.3 is 0 Å². The summed E-state index contributed by atoms with van der Waals surface area (Å²) in [7, 11) is 0. The lowest BCUT2D eigenvalue weighted by Gasteiger charge is -2.21. The van der Waals surface area contributed by atoms with Crippen molar-refractivity contribution < 1.29 is 24.7 Å². The van der Waals surface area contributed by atoms with Crippen molar-refractivity contribution in [3.8, 4) is 44.5 Å². The van der Waals surface area contributed by atoms with Crippen molar-refractivity contribution in [2.24, 2.45) is 0 Å². The van der Waals surface area contributed by atoms with Gasteiger partial charge in [-0.25, -0.2) is 0 Å². The van der Waals surface area contributed by atoms with E-state index in [0.29, 0.717) is 16.7 Å². The van der Waals surface area contributed by atoms with E-state index in [-0.39, 0.29) is 41.3 Å². The van der Waals surface area contributed by atoms with E-state index < -0.39 is 38.7 Å². The third-order valence-corrected chi connectivity index (χ3v) is 9.82. The Morgan fingerprint density at radius 3 is 1.37 bits per heavy atom. The van der Waals surface area contributed by atoms with Crippen LogP contribution in [-0.2, 0) is 5.41 Å². The van der Waals surface area contributed by atoms with Crippen LogP contribution in [0.2, 0.25) is 0 Å². The highest BCUT2D eigenvalue weighted by Gasteiger charge is 2.15. The molecule has 0 aliphatic carbocycles. The summed E-state index contributed by atoms with van der Waals surface area (Å²) in [5, 5.41) is 0. The third kappa shape index (κ3) is 13.1. The van der Waals surface area contributed by atoms with Gasteiger partial charge >= 0.3 is 0 Å². The first-order chi connectivity index (χ1) is 36.1. The van der Waals surface area contributed by atoms with E-state index in [0.717, 1.165) is 38.9 Å². The molecule has 0 aliphatic rings. The molecule has 8 rings (SSSR count). The van der Waals surface area contributed by atoms with Gasteiger partial charge in [-0.15, -0.1) is 0 Å². The Hall–Kier alpha value is -6.24. The number of aryl methyl sites for hydroxylation is 5. The fourth-order valence-corrected chi connectivity index (χ4v) is 6.31. The van der Waals surface area contributed by atoms with Crippen molar-refractivity contribution in [2.75, 3.05) is 0 Å². The van der Waals surface area contributed by atoms with E-state index in [9.17, 15) is 0 Å². The molecule has 0 atom stereocenters. The van der Waals surface area contributed by atoms with Crippen LogP contribution in [0.15, 0.2) is 200 Å². The van der Waals surface area contributed by atoms with Crippen LogP contribution in [0.3, 0.4) is 0 Å². The average Bonchev–Trinajstić information content (AvgIpc) is 3.48. The summed E-state index contributed by atoms with van der Waals surface area (Å²) in [6.07, 6.45) is 0. The molecule has 0 aliphatic heterocycles. The molecule has 0 amide bonds. The lowest BCUT2D eigenvalue weighted by atomic mass is 9.84. The van der Waals surface area contributed by atoms with E-state index in [1.54, 1.807) is 61.5 Å². The van der Waals surface area contributed by atoms with Crippen molar-refractivity contribution in [3.05, 3.63) is 239 Å². The van der Waals surface area contributed by atoms with E-state index in [4.69, 9.17) is 24.7 Å². The molecule has 8 aromatic carbocycles. The predicted molar refractivity (Wildman–Crippen MR) is 264 cm³/mol. The second-order valence-corrected chi connectivity index (χ2v) is 14.8. The summed E-state index contributed by atoms with van der Waals surface area (Å²) in [4.78, 5) is 0. The van der Waals surface area contributed by atoms with Gasteiger partial charge in [-0.3, -0.25) is 0 Å². The summed E-state index contributed by atoms with van der Waals surface area (Å²) in [6.45, 7) is -0.128. The maximum atomic E-state index is 8.10. The highest BCUT2D eigenvalue weighted by atomic mass is 14.2. The minimum Gasteiger partial charge on any atom is -0.0622 e. The highest BCUT2D eigenvalue weighted by molar-refractivity contribution is 5.70. The molecule has 0 fully saturated rings. The van der Waals surface area contributed by atoms with E-state index in [1.807, 2.05) is 100 Å². The molecular weight excluding hydrogens is 721 g/mol. The molecule has 0 heteroatoms. The first-order valence-corrected chi connectivity index (χ1v) is 19.8. The van der Waals surface area contributed by atoms with Gasteiger partial charge in [-0.1, -0.05) is 246 Å². The molecule has 8 aromatic rings. The molecule has 0 N–H and O–H groups in total. The lowest BCUT2D eigenvalue weighted by Crippen LogP contribution is -2.11. The molecule has 0 aromatic heterocycles. The van der Waals surface area contributed by atoms with Crippen molar-refractivity contribution in [1.29, 1.82) is 0 Å². The zero-order valence-electron chi connectivity index (χ0n) is 53.2. The minimum atomic E-state index is -3.26. The molecule has 0 unspecified atom stereocenters. The van der Waals surface area contributed by atoms with Crippen LogP contribution < -0.4 is 0 Å². The van der Waals surface area contributed by atoms with Crippen LogP contribution in [0, 0.1) is 34.5 Å². The number of hydrogen-bond donors (Lipinski definition) is 0. The highest BCUT2D eigenvalue weighted by Crippen LogP contribution is 2.31. The summed E-state index contributed by atoms with van der Waals surface area (Å²) in [5.41, 5.74) is 9.14. The second-order valence-electron chi connectivity index (χ2n) is 14.8. The molecule has 0 spiro atoms. The Morgan fingerprint density at radius 1 is 0.433 bits per heavy atom. The Labute approximate surface area is 388 Å². The quantitative estimate of drug-likeness (QED) is 0.163. The van der Waals surface area contributed by atoms with Crippen molar-refractivity contribution in [3.63, 3.8) is 0 Å². The van der Waals surface area contributed by atoms with Crippen LogP contribution >= 0.6 is 0 Å². The Kier molecular flexibility index (Phi) is 9.42. The van der Waals surface area contributed by atoms with E-state index in [2.05, 4.69) is 37.3 Å².